The van der Waals surface area contributed by atoms with Gasteiger partial charge in [-0.2, -0.15) is 13.2 Å². The highest BCUT2D eigenvalue weighted by Crippen LogP contribution is 2.32. The summed E-state index contributed by atoms with van der Waals surface area (Å²) in [6.07, 6.45) is 6.00. The van der Waals surface area contributed by atoms with Crippen molar-refractivity contribution >= 4 is 17.5 Å². The standard InChI is InChI=1S/C19H20F3N5O2/c1-25-12-13(19(20,21)22)10-15(17(25)28)27(16-11-23-8-9-24-16)18(29)26(2)14-6-4-3-5-7-14/h3-4,8-12,14H,5-7H2,1-2H3. The fraction of sp³-hybridized carbons (Fsp3) is 0.368. The minimum Gasteiger partial charge on any atom is -0.324 e. The van der Waals surface area contributed by atoms with E-state index in [-0.39, 0.29) is 11.9 Å². The van der Waals surface area contributed by atoms with Gasteiger partial charge < -0.3 is 9.47 Å². The van der Waals surface area contributed by atoms with Gasteiger partial charge in [0.2, 0.25) is 0 Å². The van der Waals surface area contributed by atoms with E-state index >= 15 is 0 Å². The van der Waals surface area contributed by atoms with Crippen molar-refractivity contribution in [3.63, 3.8) is 0 Å². The summed E-state index contributed by atoms with van der Waals surface area (Å²) in [5, 5.41) is 0. The lowest BCUT2D eigenvalue weighted by Crippen LogP contribution is -2.46. The monoisotopic (exact) mass is 407 g/mol. The van der Waals surface area contributed by atoms with E-state index in [4.69, 9.17) is 0 Å². The molecule has 1 unspecified atom stereocenters. The molecule has 0 aliphatic heterocycles. The Morgan fingerprint density at radius 3 is 2.62 bits per heavy atom. The van der Waals surface area contributed by atoms with Gasteiger partial charge in [-0.05, 0) is 25.3 Å². The summed E-state index contributed by atoms with van der Waals surface area (Å²) in [7, 11) is 2.77. The Labute approximate surface area is 165 Å². The predicted octanol–water partition coefficient (Wildman–Crippen LogP) is 3.49. The van der Waals surface area contributed by atoms with Crippen LogP contribution in [0.4, 0.5) is 29.5 Å². The molecular formula is C19H20F3N5O2. The number of alkyl halides is 3. The minimum atomic E-state index is -4.68. The molecule has 0 saturated heterocycles. The number of carbonyl (C=O) groups excluding carboxylic acids is 1. The average molecular weight is 407 g/mol. The Morgan fingerprint density at radius 2 is 2.03 bits per heavy atom. The summed E-state index contributed by atoms with van der Waals surface area (Å²) in [6, 6.07) is -0.118. The molecule has 0 fully saturated rings. The van der Waals surface area contributed by atoms with Crippen LogP contribution < -0.4 is 10.5 Å². The van der Waals surface area contributed by atoms with Gasteiger partial charge in [-0.3, -0.25) is 9.78 Å². The summed E-state index contributed by atoms with van der Waals surface area (Å²) in [5.74, 6) is -0.0351. The van der Waals surface area contributed by atoms with E-state index < -0.39 is 29.0 Å². The largest absolute Gasteiger partial charge is 0.417 e. The third kappa shape index (κ3) is 4.30. The molecule has 29 heavy (non-hydrogen) atoms. The van der Waals surface area contributed by atoms with Gasteiger partial charge in [0.05, 0.1) is 11.8 Å². The van der Waals surface area contributed by atoms with Crippen molar-refractivity contribution in [3.8, 4) is 0 Å². The molecule has 2 aromatic heterocycles. The number of allylic oxidation sites excluding steroid dienone is 1. The second kappa shape index (κ2) is 8.06. The molecule has 1 aliphatic carbocycles. The van der Waals surface area contributed by atoms with E-state index in [1.54, 1.807) is 7.05 Å². The van der Waals surface area contributed by atoms with Gasteiger partial charge >= 0.3 is 12.2 Å². The van der Waals surface area contributed by atoms with Crippen molar-refractivity contribution in [2.75, 3.05) is 11.9 Å². The van der Waals surface area contributed by atoms with Crippen molar-refractivity contribution in [2.45, 2.75) is 31.5 Å². The Morgan fingerprint density at radius 1 is 1.28 bits per heavy atom. The smallest absolute Gasteiger partial charge is 0.324 e. The number of amides is 2. The molecule has 1 atom stereocenters. The zero-order chi connectivity index (χ0) is 21.2. The Bertz CT molecular complexity index is 972. The number of urea groups is 1. The van der Waals surface area contributed by atoms with Crippen molar-refractivity contribution in [1.82, 2.24) is 19.4 Å². The van der Waals surface area contributed by atoms with Crippen LogP contribution in [0.3, 0.4) is 0 Å². The molecule has 0 N–H and O–H groups in total. The number of hydrogen-bond donors (Lipinski definition) is 0. The van der Waals surface area contributed by atoms with Crippen LogP contribution in [0.1, 0.15) is 24.8 Å². The molecule has 0 bridgehead atoms. The van der Waals surface area contributed by atoms with Crippen LogP contribution in [0, 0.1) is 0 Å². The van der Waals surface area contributed by atoms with E-state index in [0.717, 1.165) is 15.9 Å². The number of pyridine rings is 1. The molecule has 0 saturated carbocycles. The van der Waals surface area contributed by atoms with Crippen molar-refractivity contribution in [3.05, 3.63) is 58.9 Å². The lowest BCUT2D eigenvalue weighted by Gasteiger charge is -2.33. The first kappa shape index (κ1) is 20.6. The normalized spacial score (nSPS) is 16.5. The number of nitrogens with zero attached hydrogens (tertiary/aromatic N) is 5. The molecule has 0 spiro atoms. The molecule has 2 amide bonds. The van der Waals surface area contributed by atoms with E-state index in [9.17, 15) is 22.8 Å². The predicted molar refractivity (Wildman–Crippen MR) is 101 cm³/mol. The van der Waals surface area contributed by atoms with Crippen LogP contribution in [0.5, 0.6) is 0 Å². The highest BCUT2D eigenvalue weighted by atomic mass is 19.4. The maximum atomic E-state index is 13.3. The summed E-state index contributed by atoms with van der Waals surface area (Å²) < 4.78 is 40.8. The van der Waals surface area contributed by atoms with Crippen molar-refractivity contribution in [2.24, 2.45) is 7.05 Å². The van der Waals surface area contributed by atoms with Crippen molar-refractivity contribution < 1.29 is 18.0 Å². The van der Waals surface area contributed by atoms with Gasteiger partial charge in [-0.1, -0.05) is 12.2 Å². The topological polar surface area (TPSA) is 71.3 Å². The van der Waals surface area contributed by atoms with Gasteiger partial charge in [0.15, 0.2) is 5.82 Å². The zero-order valence-electron chi connectivity index (χ0n) is 15.9. The highest BCUT2D eigenvalue weighted by Gasteiger charge is 2.35. The Hall–Kier alpha value is -3.17. The van der Waals surface area contributed by atoms with Gasteiger partial charge in [0.1, 0.15) is 5.69 Å². The summed E-state index contributed by atoms with van der Waals surface area (Å²) in [5.41, 5.74) is -2.24. The fourth-order valence-corrected chi connectivity index (χ4v) is 3.18. The fourth-order valence-electron chi connectivity index (χ4n) is 3.18. The molecule has 1 aliphatic rings. The first-order valence-electron chi connectivity index (χ1n) is 8.96. The number of rotatable bonds is 3. The first-order valence-corrected chi connectivity index (χ1v) is 8.96. The molecule has 3 rings (SSSR count). The van der Waals surface area contributed by atoms with Crippen LogP contribution in [-0.4, -0.2) is 38.6 Å². The minimum absolute atomic E-state index is 0.0351. The van der Waals surface area contributed by atoms with Gasteiger partial charge in [-0.15, -0.1) is 0 Å². The SMILES string of the molecule is CN(C(=O)N(c1cnccn1)c1cc(C(F)(F)F)cn(C)c1=O)C1CC=CCC1. The van der Waals surface area contributed by atoms with E-state index in [1.165, 1.54) is 30.5 Å². The maximum Gasteiger partial charge on any atom is 0.417 e. The van der Waals surface area contributed by atoms with Crippen LogP contribution in [0.25, 0.3) is 0 Å². The summed E-state index contributed by atoms with van der Waals surface area (Å²) in [6.45, 7) is 0. The first-order chi connectivity index (χ1) is 13.7. The quantitative estimate of drug-likeness (QED) is 0.731. The second-order valence-corrected chi connectivity index (χ2v) is 6.76. The molecule has 7 nitrogen and oxygen atoms in total. The maximum absolute atomic E-state index is 13.3. The van der Waals surface area contributed by atoms with E-state index in [0.29, 0.717) is 25.1 Å². The second-order valence-electron chi connectivity index (χ2n) is 6.76. The van der Waals surface area contributed by atoms with Crippen LogP contribution in [0.15, 0.2) is 47.8 Å². The van der Waals surface area contributed by atoms with Gasteiger partial charge in [0, 0.05) is 38.7 Å². The molecular weight excluding hydrogens is 387 g/mol. The van der Waals surface area contributed by atoms with E-state index in [2.05, 4.69) is 9.97 Å². The molecule has 0 aromatic carbocycles. The number of carbonyl (C=O) groups is 1. The third-order valence-electron chi connectivity index (χ3n) is 4.79. The number of halogens is 3. The lowest BCUT2D eigenvalue weighted by molar-refractivity contribution is -0.138. The number of aryl methyl sites for hydroxylation is 1. The number of hydrogen-bond acceptors (Lipinski definition) is 4. The average Bonchev–Trinajstić information content (AvgIpc) is 2.71. The Kier molecular flexibility index (Phi) is 5.71. The molecule has 2 heterocycles. The van der Waals surface area contributed by atoms with Crippen LogP contribution >= 0.6 is 0 Å². The summed E-state index contributed by atoms with van der Waals surface area (Å²) in [4.78, 5) is 36.2. The van der Waals surface area contributed by atoms with Crippen LogP contribution in [0.2, 0.25) is 0 Å². The lowest BCUT2D eigenvalue weighted by atomic mass is 10.0. The number of aromatic nitrogens is 3. The zero-order valence-corrected chi connectivity index (χ0v) is 15.9. The molecule has 0 radical (unpaired) electrons. The van der Waals surface area contributed by atoms with E-state index in [1.807, 2.05) is 12.2 Å². The van der Waals surface area contributed by atoms with Gasteiger partial charge in [-0.25, -0.2) is 14.7 Å². The molecule has 2 aromatic rings. The molecule has 154 valence electrons. The number of anilines is 2. The van der Waals surface area contributed by atoms with Crippen molar-refractivity contribution in [1.29, 1.82) is 0 Å². The highest BCUT2D eigenvalue weighted by molar-refractivity contribution is 5.98. The van der Waals surface area contributed by atoms with Crippen LogP contribution in [-0.2, 0) is 13.2 Å². The third-order valence-corrected chi connectivity index (χ3v) is 4.79. The summed E-state index contributed by atoms with van der Waals surface area (Å²) >= 11 is 0. The Balaban J connectivity index is 2.12. The molecule has 10 heteroatoms. The van der Waals surface area contributed by atoms with Gasteiger partial charge in [0.25, 0.3) is 5.56 Å².